The number of rotatable bonds is 0. The molecule has 10 N–H and O–H groups in total. The molecule has 0 spiro atoms. The van der Waals surface area contributed by atoms with E-state index < -0.39 is 33.3 Å². The summed E-state index contributed by atoms with van der Waals surface area (Å²) >= 11 is 0. The van der Waals surface area contributed by atoms with Crippen molar-refractivity contribution in [2.75, 3.05) is 49.3 Å². The second kappa shape index (κ2) is 25.4. The van der Waals surface area contributed by atoms with Gasteiger partial charge in [0.2, 0.25) is 16.8 Å². The van der Waals surface area contributed by atoms with Crippen LogP contribution in [-0.4, -0.2) is 204 Å². The van der Waals surface area contributed by atoms with E-state index in [9.17, 15) is 0 Å². The van der Waals surface area contributed by atoms with Gasteiger partial charge in [-0.2, -0.15) is 0 Å². The van der Waals surface area contributed by atoms with Gasteiger partial charge in [-0.25, -0.2) is 0 Å². The van der Waals surface area contributed by atoms with E-state index in [1.807, 2.05) is 0 Å². The maximum Gasteiger partial charge on any atom is 0.204 e. The van der Waals surface area contributed by atoms with Crippen molar-refractivity contribution in [2.24, 2.45) is 0 Å². The molecule has 0 aromatic rings. The Balaban J connectivity index is 0.000000306. The SMILES string of the molecule is C1[SiH2]NN[SiH2]1.CC1CC(C)NN1.CN1[SiH2]C[SiH2]N1C.CN1[SiH2]N(C)N(C)[SiH2]1.CN1[SiH2]NN[SiH2]1.CN1[Si](C)(C)NN[Si]1(C)C.C[Si]1(C)C[Si](C)(C)NN1. The molecular formula is C23H87N17Si12. The fraction of sp³-hybridized carbons (Fsp3) is 1.00. The molecule has 0 amide bonds. The zero-order chi connectivity index (χ0) is 39.8. The molecule has 7 heterocycles. The first-order valence-corrected chi connectivity index (χ1v) is 43.6. The quantitative estimate of drug-likeness (QED) is 0.105. The normalized spacial score (nSPS) is 33.6. The lowest BCUT2D eigenvalue weighted by atomic mass is 10.2. The van der Waals surface area contributed by atoms with Gasteiger partial charge in [0, 0.05) is 12.1 Å². The van der Waals surface area contributed by atoms with Crippen molar-refractivity contribution >= 4 is 111 Å². The fourth-order valence-electron chi connectivity index (χ4n) is 6.35. The molecule has 7 aliphatic heterocycles. The molecule has 17 nitrogen and oxygen atoms in total. The van der Waals surface area contributed by atoms with Gasteiger partial charge in [-0.3, -0.25) is 70.3 Å². The van der Waals surface area contributed by atoms with Crippen LogP contribution in [0.3, 0.4) is 0 Å². The van der Waals surface area contributed by atoms with Crippen LogP contribution in [-0.2, 0) is 0 Å². The van der Waals surface area contributed by atoms with Gasteiger partial charge in [-0.15, -0.1) is 0 Å². The monoisotopic (exact) mass is 937 g/mol. The Labute approximate surface area is 343 Å². The average molecular weight is 939 g/mol. The van der Waals surface area contributed by atoms with Crippen molar-refractivity contribution < 1.29 is 0 Å². The number of nitrogens with one attached hydrogen (secondary N) is 10. The predicted octanol–water partition coefficient (Wildman–Crippen LogP) is -7.57. The minimum atomic E-state index is -1.24. The van der Waals surface area contributed by atoms with Gasteiger partial charge in [0.25, 0.3) is 0 Å². The molecule has 2 atom stereocenters. The lowest BCUT2D eigenvalue weighted by molar-refractivity contribution is 0.257. The number of hydrazine groups is 7. The topological polar surface area (TPSA) is 143 Å². The first-order valence-electron chi connectivity index (χ1n) is 19.4. The van der Waals surface area contributed by atoms with Gasteiger partial charge in [0.15, 0.2) is 39.4 Å². The highest BCUT2D eigenvalue weighted by molar-refractivity contribution is 6.96. The molecule has 0 aliphatic carbocycles. The van der Waals surface area contributed by atoms with E-state index in [0.717, 1.165) is 0 Å². The molecular weight excluding hydrogens is 851 g/mol. The molecule has 0 radical (unpaired) electrons. The van der Waals surface area contributed by atoms with Crippen molar-refractivity contribution in [2.45, 2.75) is 102 Å². The van der Waals surface area contributed by atoms with Gasteiger partial charge in [0.1, 0.15) is 55.2 Å². The minimum absolute atomic E-state index is 0.00116. The van der Waals surface area contributed by atoms with Gasteiger partial charge in [-0.05, 0) is 113 Å². The molecule has 52 heavy (non-hydrogen) atoms. The molecule has 0 aromatic carbocycles. The first kappa shape index (κ1) is 51.9. The smallest absolute Gasteiger partial charge is 0.204 e. The van der Waals surface area contributed by atoms with Gasteiger partial charge in [-0.1, -0.05) is 26.2 Å². The summed E-state index contributed by atoms with van der Waals surface area (Å²) in [6.07, 6.45) is 1.25. The standard InChI is InChI=1S/C5H17N3Si2.C5H16N2Si2.C5H12N2.C3H13N3Si2.C3H12N2Si2.CH9N3Si2.CH8N2Si2/c1-8-9(2,3)6-7-10(8,4)5;1-8(2)5-9(3,4)7-6-8;1-4-3-5(2)7-6-4;1-4-5(2)8-6(3)7-4;1-4-5(2)7-3-6-4;1-4-5-2-3-6-4;1-4-2-3-5-1/h6-7H,1-5H3;6-7H,5H2,1-4H3;4-7H,3H2,1-2H3;7-8H2,1-3H3;3,6-7H2,1-2H3;2-3H,5-6H2,1H3;2-3H,1,4-5H2. The zero-order valence-electron chi connectivity index (χ0n) is 36.8. The second-order valence-electron chi connectivity index (χ2n) is 17.8. The molecule has 7 fully saturated rings. The summed E-state index contributed by atoms with van der Waals surface area (Å²) < 4.78 is 17.1. The Morgan fingerprint density at radius 2 is 0.904 bits per heavy atom. The van der Waals surface area contributed by atoms with E-state index in [1.165, 1.54) is 12.1 Å². The molecule has 7 rings (SSSR count). The van der Waals surface area contributed by atoms with E-state index in [4.69, 9.17) is 0 Å². The molecule has 312 valence electrons. The lowest BCUT2D eigenvalue weighted by Gasteiger charge is -2.30. The highest BCUT2D eigenvalue weighted by Gasteiger charge is 2.45. The van der Waals surface area contributed by atoms with Gasteiger partial charge in [0.05, 0.1) is 0 Å². The van der Waals surface area contributed by atoms with Crippen LogP contribution in [0, 0.1) is 0 Å². The summed E-state index contributed by atoms with van der Waals surface area (Å²) in [6, 6.07) is 1.32. The van der Waals surface area contributed by atoms with Crippen molar-refractivity contribution in [3.8, 4) is 0 Å². The molecule has 0 aromatic heterocycles. The molecule has 7 saturated heterocycles. The first-order chi connectivity index (χ1) is 24.0. The third-order valence-corrected chi connectivity index (χ3v) is 44.8. The average Bonchev–Trinajstić information content (AvgIpc) is 3.92. The van der Waals surface area contributed by atoms with Crippen LogP contribution in [0.4, 0.5) is 0 Å². The summed E-state index contributed by atoms with van der Waals surface area (Å²) in [7, 11) is 12.0. The maximum atomic E-state index is 3.44. The van der Waals surface area contributed by atoms with Crippen LogP contribution in [0.2, 0.25) is 69.4 Å². The van der Waals surface area contributed by atoms with E-state index >= 15 is 0 Å². The van der Waals surface area contributed by atoms with E-state index in [-0.39, 0.29) is 78.1 Å². The van der Waals surface area contributed by atoms with Gasteiger partial charge >= 0.3 is 0 Å². The highest BCUT2D eigenvalue weighted by atomic mass is 28.4. The molecule has 29 heteroatoms. The summed E-state index contributed by atoms with van der Waals surface area (Å²) in [5.74, 6) is 0. The third kappa shape index (κ3) is 22.8. The molecule has 7 aliphatic rings. The molecule has 0 saturated carbocycles. The van der Waals surface area contributed by atoms with E-state index in [0.29, 0.717) is 12.1 Å². The summed E-state index contributed by atoms with van der Waals surface area (Å²) in [5, 5.41) is 26.3. The number of nitrogens with zero attached hydrogens (tertiary/aromatic N) is 7. The largest absolute Gasteiger partial charge is 0.333 e. The zero-order valence-corrected chi connectivity index (χ0v) is 52.1. The number of hydrogen-bond donors (Lipinski definition) is 10. The van der Waals surface area contributed by atoms with Crippen LogP contribution < -0.4 is 51.6 Å². The van der Waals surface area contributed by atoms with E-state index in [2.05, 4.69) is 199 Å². The molecule has 2 unspecified atom stereocenters. The van der Waals surface area contributed by atoms with Crippen molar-refractivity contribution in [3.05, 3.63) is 0 Å². The maximum absolute atomic E-state index is 3.44. The minimum Gasteiger partial charge on any atom is -0.333 e. The Bertz CT molecular complexity index is 894. The molecule has 0 bridgehead atoms. The Hall–Kier alpha value is 1.92. The van der Waals surface area contributed by atoms with Crippen molar-refractivity contribution in [3.63, 3.8) is 0 Å². The van der Waals surface area contributed by atoms with Crippen LogP contribution >= 0.6 is 0 Å². The van der Waals surface area contributed by atoms with Crippen molar-refractivity contribution in [1.29, 1.82) is 0 Å². The summed E-state index contributed by atoms with van der Waals surface area (Å²) in [6.45, 7) is 23.1. The summed E-state index contributed by atoms with van der Waals surface area (Å²) in [4.78, 5) is 0. The summed E-state index contributed by atoms with van der Waals surface area (Å²) in [5.41, 5.74) is 10.9. The van der Waals surface area contributed by atoms with Crippen LogP contribution in [0.5, 0.6) is 0 Å². The van der Waals surface area contributed by atoms with E-state index in [1.54, 1.807) is 11.3 Å². The van der Waals surface area contributed by atoms with Crippen LogP contribution in [0.15, 0.2) is 0 Å². The fourth-order valence-corrected chi connectivity index (χ4v) is 43.6. The highest BCUT2D eigenvalue weighted by Crippen LogP contribution is 2.19. The lowest BCUT2D eigenvalue weighted by Crippen LogP contribution is -2.56. The van der Waals surface area contributed by atoms with Gasteiger partial charge < -0.3 is 12.7 Å². The Morgan fingerprint density at radius 1 is 0.500 bits per heavy atom. The Morgan fingerprint density at radius 3 is 1.04 bits per heavy atom. The van der Waals surface area contributed by atoms with Crippen molar-refractivity contribution in [1.82, 2.24) is 83.0 Å². The van der Waals surface area contributed by atoms with Crippen LogP contribution in [0.1, 0.15) is 20.3 Å². The Kier molecular flexibility index (Phi) is 25.4. The third-order valence-electron chi connectivity index (χ3n) is 9.83. The predicted molar refractivity (Wildman–Crippen MR) is 262 cm³/mol. The second-order valence-corrected chi connectivity index (χ2v) is 55.7. The number of hydrogen-bond acceptors (Lipinski definition) is 17. The van der Waals surface area contributed by atoms with Crippen LogP contribution in [0.25, 0.3) is 0 Å².